The van der Waals surface area contributed by atoms with Gasteiger partial charge in [-0.2, -0.15) is 0 Å². The number of hydroxylamine groups is 1. The number of rotatable bonds is 7. The van der Waals surface area contributed by atoms with E-state index >= 15 is 0 Å². The van der Waals surface area contributed by atoms with Gasteiger partial charge in [0.1, 0.15) is 12.4 Å². The Balaban J connectivity index is 1.39. The van der Waals surface area contributed by atoms with E-state index in [4.69, 9.17) is 14.7 Å². The van der Waals surface area contributed by atoms with Crippen LogP contribution >= 0.6 is 0 Å². The van der Waals surface area contributed by atoms with E-state index in [-0.39, 0.29) is 11.9 Å². The summed E-state index contributed by atoms with van der Waals surface area (Å²) in [5.74, 6) is -0.0586. The SMILES string of the molecule is CN1C(=O)N2Cc3c(c4cc(OCCN5CCOCC5)ccc4n3Cc3ccc(C(=O)NO)cc3)[C@@](C)(C2)C1=O. The second kappa shape index (κ2) is 10.2. The van der Waals surface area contributed by atoms with Gasteiger partial charge in [-0.05, 0) is 48.4 Å². The number of aromatic nitrogens is 1. The van der Waals surface area contributed by atoms with Crippen LogP contribution in [0.3, 0.4) is 0 Å². The van der Waals surface area contributed by atoms with E-state index in [0.29, 0.717) is 31.8 Å². The van der Waals surface area contributed by atoms with Gasteiger partial charge in [-0.1, -0.05) is 12.1 Å². The van der Waals surface area contributed by atoms with Crippen molar-refractivity contribution in [3.8, 4) is 5.75 Å². The molecule has 40 heavy (non-hydrogen) atoms. The van der Waals surface area contributed by atoms with Crippen LogP contribution in [0.5, 0.6) is 5.75 Å². The number of nitrogens with zero attached hydrogens (tertiary/aromatic N) is 4. The average molecular weight is 548 g/mol. The molecular weight excluding hydrogens is 514 g/mol. The molecule has 2 aromatic carbocycles. The fourth-order valence-corrected chi connectivity index (χ4v) is 6.24. The maximum absolute atomic E-state index is 13.6. The highest BCUT2D eigenvalue weighted by Gasteiger charge is 2.53. The van der Waals surface area contributed by atoms with Crippen molar-refractivity contribution in [3.05, 3.63) is 64.8 Å². The molecule has 6 rings (SSSR count). The van der Waals surface area contributed by atoms with E-state index in [1.54, 1.807) is 29.6 Å². The third-order valence-electron chi connectivity index (χ3n) is 8.31. The summed E-state index contributed by atoms with van der Waals surface area (Å²) < 4.78 is 13.8. The summed E-state index contributed by atoms with van der Waals surface area (Å²) in [5.41, 5.74) is 4.83. The van der Waals surface area contributed by atoms with Crippen molar-refractivity contribution in [2.75, 3.05) is 53.0 Å². The molecule has 2 fully saturated rings. The number of hydrogen-bond acceptors (Lipinski definition) is 7. The lowest BCUT2D eigenvalue weighted by Crippen LogP contribution is -2.63. The Bertz CT molecular complexity index is 1480. The Morgan fingerprint density at radius 1 is 1.12 bits per heavy atom. The number of ether oxygens (including phenoxy) is 2. The third-order valence-corrected chi connectivity index (χ3v) is 8.31. The Kier molecular flexibility index (Phi) is 6.73. The summed E-state index contributed by atoms with van der Waals surface area (Å²) in [4.78, 5) is 43.6. The number of likely N-dealkylation sites (N-methyl/N-ethyl adjacent to an activating group) is 1. The molecule has 2 bridgehead atoms. The highest BCUT2D eigenvalue weighted by Crippen LogP contribution is 2.45. The van der Waals surface area contributed by atoms with Gasteiger partial charge in [-0.3, -0.25) is 24.6 Å². The smallest absolute Gasteiger partial charge is 0.326 e. The second-order valence-corrected chi connectivity index (χ2v) is 10.9. The number of amides is 4. The predicted molar refractivity (Wildman–Crippen MR) is 145 cm³/mol. The molecule has 3 aliphatic rings. The predicted octanol–water partition coefficient (Wildman–Crippen LogP) is 2.18. The number of nitrogens with one attached hydrogen (secondary N) is 1. The van der Waals surface area contributed by atoms with E-state index in [9.17, 15) is 14.4 Å². The van der Waals surface area contributed by atoms with Gasteiger partial charge in [-0.25, -0.2) is 10.3 Å². The Labute approximate surface area is 231 Å². The van der Waals surface area contributed by atoms with E-state index in [1.165, 1.54) is 4.90 Å². The summed E-state index contributed by atoms with van der Waals surface area (Å²) in [6.45, 7) is 7.73. The zero-order chi connectivity index (χ0) is 28.0. The van der Waals surface area contributed by atoms with Crippen molar-refractivity contribution >= 4 is 28.7 Å². The van der Waals surface area contributed by atoms with Crippen molar-refractivity contribution in [2.45, 2.75) is 25.4 Å². The van der Waals surface area contributed by atoms with Gasteiger partial charge in [-0.15, -0.1) is 0 Å². The first-order chi connectivity index (χ1) is 19.3. The maximum Gasteiger partial charge on any atom is 0.326 e. The van der Waals surface area contributed by atoms with E-state index < -0.39 is 11.3 Å². The van der Waals surface area contributed by atoms with Crippen molar-refractivity contribution in [1.29, 1.82) is 0 Å². The van der Waals surface area contributed by atoms with Crippen LogP contribution in [-0.2, 0) is 28.0 Å². The Morgan fingerprint density at radius 2 is 1.88 bits per heavy atom. The first-order valence-corrected chi connectivity index (χ1v) is 13.5. The average Bonchev–Trinajstić information content (AvgIpc) is 3.28. The minimum Gasteiger partial charge on any atom is -0.492 e. The molecule has 0 radical (unpaired) electrons. The number of carbonyl (C=O) groups excluding carboxylic acids is 3. The summed E-state index contributed by atoms with van der Waals surface area (Å²) in [6, 6.07) is 12.7. The first-order valence-electron chi connectivity index (χ1n) is 13.5. The topological polar surface area (TPSA) is 117 Å². The lowest BCUT2D eigenvalue weighted by Gasteiger charge is -2.47. The fourth-order valence-electron chi connectivity index (χ4n) is 6.24. The molecule has 1 aromatic heterocycles. The summed E-state index contributed by atoms with van der Waals surface area (Å²) >= 11 is 0. The highest BCUT2D eigenvalue weighted by molar-refractivity contribution is 6.06. The van der Waals surface area contributed by atoms with Gasteiger partial charge in [0.05, 0.1) is 25.2 Å². The van der Waals surface area contributed by atoms with Crippen LogP contribution < -0.4 is 10.2 Å². The van der Waals surface area contributed by atoms with Gasteiger partial charge < -0.3 is 18.9 Å². The molecular formula is C29H33N5O6. The van der Waals surface area contributed by atoms with Crippen LogP contribution in [0.2, 0.25) is 0 Å². The molecule has 0 unspecified atom stereocenters. The molecule has 3 aromatic rings. The Hall–Kier alpha value is -3.93. The standard InChI is InChI=1S/C29H33N5O6/c1-29-18-33(28(37)31(2)27(29)36)17-24-25(29)22-15-21(40-14-11-32-9-12-39-13-10-32)7-8-23(22)34(24)16-19-3-5-20(6-4-19)26(35)30-38/h3-8,15,38H,9-14,16-18H2,1-2H3,(H,30,35)/t29-/m1/s1. The van der Waals surface area contributed by atoms with Gasteiger partial charge in [0.15, 0.2) is 0 Å². The quantitative estimate of drug-likeness (QED) is 0.344. The first kappa shape index (κ1) is 26.3. The minimum atomic E-state index is -0.894. The van der Waals surface area contributed by atoms with Crippen LogP contribution in [-0.4, -0.2) is 95.4 Å². The van der Waals surface area contributed by atoms with Crippen molar-refractivity contribution in [3.63, 3.8) is 0 Å². The lowest BCUT2D eigenvalue weighted by molar-refractivity contribution is -0.137. The molecule has 1 atom stereocenters. The van der Waals surface area contributed by atoms with Crippen LogP contribution in [0.25, 0.3) is 10.9 Å². The lowest BCUT2D eigenvalue weighted by atomic mass is 9.75. The molecule has 0 saturated carbocycles. The molecule has 0 aliphatic carbocycles. The van der Waals surface area contributed by atoms with E-state index in [1.807, 2.05) is 37.3 Å². The molecule has 210 valence electrons. The number of carbonyl (C=O) groups is 3. The molecule has 11 heteroatoms. The van der Waals surface area contributed by atoms with Crippen molar-refractivity contribution in [2.24, 2.45) is 0 Å². The van der Waals surface area contributed by atoms with Crippen LogP contribution in [0.1, 0.15) is 34.1 Å². The molecule has 11 nitrogen and oxygen atoms in total. The van der Waals surface area contributed by atoms with Crippen molar-refractivity contribution in [1.82, 2.24) is 24.7 Å². The second-order valence-electron chi connectivity index (χ2n) is 10.9. The van der Waals surface area contributed by atoms with Gasteiger partial charge in [0.25, 0.3) is 5.91 Å². The minimum absolute atomic E-state index is 0.216. The van der Waals surface area contributed by atoms with Gasteiger partial charge in [0, 0.05) is 61.9 Å². The molecule has 2 saturated heterocycles. The Morgan fingerprint density at radius 3 is 2.60 bits per heavy atom. The third kappa shape index (κ3) is 4.40. The molecule has 3 aliphatic heterocycles. The van der Waals surface area contributed by atoms with Crippen LogP contribution in [0, 0.1) is 0 Å². The van der Waals surface area contributed by atoms with Crippen LogP contribution in [0.4, 0.5) is 4.79 Å². The maximum atomic E-state index is 13.6. The highest BCUT2D eigenvalue weighted by atomic mass is 16.5. The number of morpholine rings is 1. The molecule has 2 N–H and O–H groups in total. The molecule has 4 heterocycles. The number of imide groups is 1. The number of benzene rings is 2. The van der Waals surface area contributed by atoms with Crippen LogP contribution in [0.15, 0.2) is 42.5 Å². The zero-order valence-electron chi connectivity index (χ0n) is 22.7. The number of fused-ring (bicyclic) bond motifs is 6. The van der Waals surface area contributed by atoms with Gasteiger partial charge in [0.2, 0.25) is 5.91 Å². The normalized spacial score (nSPS) is 21.1. The van der Waals surface area contributed by atoms with Crippen molar-refractivity contribution < 1.29 is 29.1 Å². The van der Waals surface area contributed by atoms with E-state index in [2.05, 4.69) is 9.47 Å². The van der Waals surface area contributed by atoms with E-state index in [0.717, 1.165) is 66.3 Å². The van der Waals surface area contributed by atoms with Gasteiger partial charge >= 0.3 is 6.03 Å². The fraction of sp³-hybridized carbons (Fsp3) is 0.414. The number of urea groups is 1. The number of hydrogen-bond donors (Lipinski definition) is 2. The molecule has 0 spiro atoms. The summed E-state index contributed by atoms with van der Waals surface area (Å²) in [7, 11) is 1.55. The summed E-state index contributed by atoms with van der Waals surface area (Å²) in [6.07, 6.45) is 0. The molecule has 4 amide bonds. The largest absolute Gasteiger partial charge is 0.492 e. The summed E-state index contributed by atoms with van der Waals surface area (Å²) in [5, 5.41) is 9.88. The monoisotopic (exact) mass is 547 g/mol. The zero-order valence-corrected chi connectivity index (χ0v) is 22.7.